The Balaban J connectivity index is 1.12. The molecule has 3 atom stereocenters. The number of halogens is 3. The second-order valence-electron chi connectivity index (χ2n) is 11.8. The first kappa shape index (κ1) is 30.6. The number of rotatable bonds is 7. The lowest BCUT2D eigenvalue weighted by molar-refractivity contribution is -0.279. The number of aromatic nitrogens is 2. The number of fused-ring (bicyclic) bond motifs is 3. The van der Waals surface area contributed by atoms with Crippen LogP contribution in [0.5, 0.6) is 0 Å². The van der Waals surface area contributed by atoms with Crippen molar-refractivity contribution in [2.24, 2.45) is 0 Å². The minimum Gasteiger partial charge on any atom is -0.380 e. The Labute approximate surface area is 258 Å². The van der Waals surface area contributed by atoms with Crippen molar-refractivity contribution >= 4 is 40.0 Å². The number of pyridine rings is 1. The van der Waals surface area contributed by atoms with Crippen LogP contribution in [0.4, 0.5) is 35.2 Å². The minimum absolute atomic E-state index is 0.216. The van der Waals surface area contributed by atoms with Crippen LogP contribution in [0.1, 0.15) is 48.5 Å². The average molecular weight is 621 g/mol. The van der Waals surface area contributed by atoms with Gasteiger partial charge in [-0.15, -0.1) is 0 Å². The highest BCUT2D eigenvalue weighted by Crippen LogP contribution is 2.48. The number of alkyl halides is 3. The summed E-state index contributed by atoms with van der Waals surface area (Å²) >= 11 is 0. The van der Waals surface area contributed by atoms with Gasteiger partial charge in [-0.2, -0.15) is 13.2 Å². The molecule has 0 saturated carbocycles. The Hall–Kier alpha value is -4.42. The Morgan fingerprint density at radius 2 is 1.71 bits per heavy atom. The first-order valence-electron chi connectivity index (χ1n) is 15.0. The van der Waals surface area contributed by atoms with Gasteiger partial charge in [0, 0.05) is 85.8 Å². The molecule has 2 bridgehead atoms. The summed E-state index contributed by atoms with van der Waals surface area (Å²) < 4.78 is 41.9. The number of nitrogens with zero attached hydrogens (tertiary/aromatic N) is 4. The number of carbonyl (C=O) groups is 2. The highest BCUT2D eigenvalue weighted by atomic mass is 19.4. The molecule has 2 saturated heterocycles. The number of piperidine rings is 1. The van der Waals surface area contributed by atoms with Crippen molar-refractivity contribution in [1.82, 2.24) is 19.8 Å². The number of amides is 2. The number of benzene rings is 2. The van der Waals surface area contributed by atoms with Crippen molar-refractivity contribution < 1.29 is 27.9 Å². The molecule has 0 radical (unpaired) electrons. The largest absolute Gasteiger partial charge is 0.417 e. The predicted octanol–water partition coefficient (Wildman–Crippen LogP) is 6.05. The van der Waals surface area contributed by atoms with Gasteiger partial charge in [0.2, 0.25) is 0 Å². The minimum atomic E-state index is -4.63. The molecule has 2 unspecified atom stereocenters. The van der Waals surface area contributed by atoms with E-state index in [2.05, 4.69) is 25.4 Å². The van der Waals surface area contributed by atoms with Crippen LogP contribution >= 0.6 is 0 Å². The van der Waals surface area contributed by atoms with Crippen LogP contribution in [0.3, 0.4) is 0 Å². The lowest BCUT2D eigenvalue weighted by Gasteiger charge is -2.44. The maximum atomic E-state index is 13.4. The van der Waals surface area contributed by atoms with E-state index >= 15 is 0 Å². The van der Waals surface area contributed by atoms with Gasteiger partial charge in [0.1, 0.15) is 5.82 Å². The maximum absolute atomic E-state index is 13.4. The fourth-order valence-electron chi connectivity index (χ4n) is 6.73. The third kappa shape index (κ3) is 5.87. The quantitative estimate of drug-likeness (QED) is 0.232. The molecule has 3 N–H and O–H groups in total. The van der Waals surface area contributed by atoms with E-state index in [0.29, 0.717) is 37.3 Å². The second-order valence-corrected chi connectivity index (χ2v) is 11.8. The molecule has 4 heterocycles. The van der Waals surface area contributed by atoms with Crippen LogP contribution < -0.4 is 15.5 Å². The van der Waals surface area contributed by atoms with Gasteiger partial charge in [0.05, 0.1) is 5.52 Å². The lowest BCUT2D eigenvalue weighted by atomic mass is 9.85. The van der Waals surface area contributed by atoms with Crippen molar-refractivity contribution in [2.75, 3.05) is 23.8 Å². The van der Waals surface area contributed by atoms with Crippen molar-refractivity contribution in [3.63, 3.8) is 0 Å². The monoisotopic (exact) mass is 620 g/mol. The molecule has 236 valence electrons. The highest BCUT2D eigenvalue weighted by molar-refractivity contribution is 6.04. The topological polar surface area (TPSA) is 103 Å². The van der Waals surface area contributed by atoms with Gasteiger partial charge in [-0.1, -0.05) is 12.1 Å². The van der Waals surface area contributed by atoms with Crippen molar-refractivity contribution in [3.8, 4) is 0 Å². The normalized spacial score (nSPS) is 21.6. The number of anilines is 3. The number of hydrogen-bond donors (Lipinski definition) is 3. The van der Waals surface area contributed by atoms with Crippen molar-refractivity contribution in [1.29, 1.82) is 0 Å². The summed E-state index contributed by atoms with van der Waals surface area (Å²) in [5.74, 6) is 0.0495. The molecular weight excluding hydrogens is 585 g/mol. The molecule has 6 rings (SSSR count). The van der Waals surface area contributed by atoms with E-state index in [1.165, 1.54) is 0 Å². The van der Waals surface area contributed by atoms with E-state index < -0.39 is 11.8 Å². The molecule has 2 aromatic carbocycles. The van der Waals surface area contributed by atoms with Crippen LogP contribution in [0.25, 0.3) is 10.9 Å². The molecule has 2 fully saturated rings. The first-order chi connectivity index (χ1) is 21.5. The zero-order valence-electron chi connectivity index (χ0n) is 25.0. The summed E-state index contributed by atoms with van der Waals surface area (Å²) in [7, 11) is 1.59. The first-order valence-corrected chi connectivity index (χ1v) is 15.0. The van der Waals surface area contributed by atoms with Gasteiger partial charge in [-0.05, 0) is 67.8 Å². The standard InChI is InChI=1S/C33H35F3N6O3/c1-3-40(24-10-11-28-23(16-24)13-15-41(28)31(44)37-2)25-12-14-38-29(17-25)39-30(43)22-6-4-21(5-7-22)20-42-26-8-9-27(42)19-32(45,18-26)33(34,35)36/h4-7,10-17,26-27,45H,3,8-9,18-20H2,1-2H3,(H,37,44)(H,38,39,43)/t26-,27?,32?/m1/s1. The second kappa shape index (κ2) is 11.8. The average Bonchev–Trinajstić information content (AvgIpc) is 3.54. The van der Waals surface area contributed by atoms with Gasteiger partial charge in [0.15, 0.2) is 5.60 Å². The van der Waals surface area contributed by atoms with E-state index in [1.54, 1.807) is 42.2 Å². The van der Waals surface area contributed by atoms with Crippen LogP contribution in [-0.4, -0.2) is 68.9 Å². The van der Waals surface area contributed by atoms with Gasteiger partial charge in [0.25, 0.3) is 5.91 Å². The molecule has 0 spiro atoms. The number of aliphatic hydroxyl groups is 1. The summed E-state index contributed by atoms with van der Waals surface area (Å²) in [5, 5.41) is 16.7. The predicted molar refractivity (Wildman–Crippen MR) is 166 cm³/mol. The van der Waals surface area contributed by atoms with Crippen molar-refractivity contribution in [3.05, 3.63) is 84.2 Å². The zero-order chi connectivity index (χ0) is 31.9. The van der Waals surface area contributed by atoms with E-state index in [4.69, 9.17) is 0 Å². The summed E-state index contributed by atoms with van der Waals surface area (Å²) in [6.45, 7) is 3.13. The SMILES string of the molecule is CCN(c1ccnc(NC(=O)c2ccc(CN3C4CC[C@@H]3CC(O)(C(F)(F)F)C4)cc2)c1)c1ccc2c(ccn2C(=O)NC)c1. The van der Waals surface area contributed by atoms with Gasteiger partial charge >= 0.3 is 12.2 Å². The van der Waals surface area contributed by atoms with E-state index in [9.17, 15) is 27.9 Å². The summed E-state index contributed by atoms with van der Waals surface area (Å²) in [5.41, 5.74) is 1.24. The molecular formula is C33H35F3N6O3. The van der Waals surface area contributed by atoms with Crippen LogP contribution in [0.15, 0.2) is 73.1 Å². The summed E-state index contributed by atoms with van der Waals surface area (Å²) in [6, 6.07) is 17.5. The van der Waals surface area contributed by atoms with E-state index in [0.717, 1.165) is 27.8 Å². The van der Waals surface area contributed by atoms with Crippen LogP contribution in [0, 0.1) is 0 Å². The number of hydrogen-bond acceptors (Lipinski definition) is 6. The lowest BCUT2D eigenvalue weighted by Crippen LogP contribution is -2.57. The van der Waals surface area contributed by atoms with Crippen molar-refractivity contribution in [2.45, 2.75) is 63.0 Å². The maximum Gasteiger partial charge on any atom is 0.417 e. The molecule has 2 aliphatic rings. The van der Waals surface area contributed by atoms with Crippen LogP contribution in [-0.2, 0) is 6.54 Å². The molecule has 4 aromatic rings. The molecule has 2 amide bonds. The molecule has 0 aliphatic carbocycles. The molecule has 45 heavy (non-hydrogen) atoms. The van der Waals surface area contributed by atoms with E-state index in [-0.39, 0.29) is 36.9 Å². The molecule has 2 aromatic heterocycles. The molecule has 12 heteroatoms. The summed E-state index contributed by atoms with van der Waals surface area (Å²) in [6.07, 6.45) is -0.635. The Bertz CT molecular complexity index is 1710. The van der Waals surface area contributed by atoms with E-state index in [1.807, 2.05) is 49.4 Å². The Morgan fingerprint density at radius 3 is 2.36 bits per heavy atom. The number of carbonyl (C=O) groups excluding carboxylic acids is 2. The fourth-order valence-corrected chi connectivity index (χ4v) is 6.73. The van der Waals surface area contributed by atoms with Gasteiger partial charge in [-0.25, -0.2) is 9.78 Å². The molecule has 2 aliphatic heterocycles. The highest BCUT2D eigenvalue weighted by Gasteiger charge is 2.60. The third-order valence-corrected chi connectivity index (χ3v) is 9.06. The van der Waals surface area contributed by atoms with Crippen LogP contribution in [0.2, 0.25) is 0 Å². The number of nitrogens with one attached hydrogen (secondary N) is 2. The Kier molecular flexibility index (Phi) is 8.04. The zero-order valence-corrected chi connectivity index (χ0v) is 25.0. The van der Waals surface area contributed by atoms with Gasteiger partial charge in [-0.3, -0.25) is 14.3 Å². The molecule has 9 nitrogen and oxygen atoms in total. The Morgan fingerprint density at radius 1 is 1.02 bits per heavy atom. The summed E-state index contributed by atoms with van der Waals surface area (Å²) in [4.78, 5) is 33.7. The third-order valence-electron chi connectivity index (χ3n) is 9.06. The van der Waals surface area contributed by atoms with Gasteiger partial charge < -0.3 is 20.6 Å². The fraction of sp³-hybridized carbons (Fsp3) is 0.364. The smallest absolute Gasteiger partial charge is 0.380 e.